The SMILES string of the molecule is CCCCCCCCCCCCCCCC(C)(C)NCC(O)CCl. The topological polar surface area (TPSA) is 32.3 Å². The van der Waals surface area contributed by atoms with E-state index in [0.29, 0.717) is 12.4 Å². The molecule has 0 aromatic rings. The van der Waals surface area contributed by atoms with Crippen molar-refractivity contribution in [1.82, 2.24) is 5.32 Å². The second-order valence-corrected chi connectivity index (χ2v) is 8.37. The Morgan fingerprint density at radius 2 is 1.21 bits per heavy atom. The maximum Gasteiger partial charge on any atom is 0.0799 e. The summed E-state index contributed by atoms with van der Waals surface area (Å²) in [4.78, 5) is 0. The minimum Gasteiger partial charge on any atom is -0.391 e. The number of rotatable bonds is 18. The van der Waals surface area contributed by atoms with E-state index in [9.17, 15) is 5.11 Å². The summed E-state index contributed by atoms with van der Waals surface area (Å²) < 4.78 is 0. The van der Waals surface area contributed by atoms with Crippen molar-refractivity contribution in [1.29, 1.82) is 0 Å². The number of alkyl halides is 1. The van der Waals surface area contributed by atoms with Gasteiger partial charge < -0.3 is 10.4 Å². The minimum atomic E-state index is -0.433. The van der Waals surface area contributed by atoms with Crippen molar-refractivity contribution < 1.29 is 5.11 Å². The van der Waals surface area contributed by atoms with Crippen LogP contribution in [0.1, 0.15) is 111 Å². The molecular formula is C21H44ClNO. The van der Waals surface area contributed by atoms with Crippen LogP contribution < -0.4 is 5.32 Å². The van der Waals surface area contributed by atoms with Crippen molar-refractivity contribution in [3.63, 3.8) is 0 Å². The van der Waals surface area contributed by atoms with Gasteiger partial charge in [-0.15, -0.1) is 11.6 Å². The van der Waals surface area contributed by atoms with Crippen molar-refractivity contribution in [2.45, 2.75) is 122 Å². The highest BCUT2D eigenvalue weighted by molar-refractivity contribution is 6.18. The van der Waals surface area contributed by atoms with Crippen LogP contribution in [0.5, 0.6) is 0 Å². The fraction of sp³-hybridized carbons (Fsp3) is 1.00. The number of unbranched alkanes of at least 4 members (excludes halogenated alkanes) is 12. The van der Waals surface area contributed by atoms with Crippen LogP contribution in [0, 0.1) is 0 Å². The van der Waals surface area contributed by atoms with Gasteiger partial charge in [0.15, 0.2) is 0 Å². The monoisotopic (exact) mass is 361 g/mol. The van der Waals surface area contributed by atoms with Crippen molar-refractivity contribution >= 4 is 11.6 Å². The molecule has 0 aromatic heterocycles. The molecule has 0 amide bonds. The lowest BCUT2D eigenvalue weighted by Gasteiger charge is -2.27. The van der Waals surface area contributed by atoms with Crippen LogP contribution in [0.2, 0.25) is 0 Å². The molecule has 0 aliphatic carbocycles. The van der Waals surface area contributed by atoms with Gasteiger partial charge in [0.25, 0.3) is 0 Å². The molecule has 0 saturated carbocycles. The summed E-state index contributed by atoms with van der Waals surface area (Å²) in [7, 11) is 0. The maximum atomic E-state index is 9.51. The van der Waals surface area contributed by atoms with Crippen LogP contribution in [0.4, 0.5) is 0 Å². The van der Waals surface area contributed by atoms with Gasteiger partial charge in [0.2, 0.25) is 0 Å². The van der Waals surface area contributed by atoms with E-state index < -0.39 is 6.10 Å². The number of hydrogen-bond acceptors (Lipinski definition) is 2. The average molecular weight is 362 g/mol. The number of halogens is 1. The third kappa shape index (κ3) is 17.0. The van der Waals surface area contributed by atoms with Crippen LogP contribution in [0.15, 0.2) is 0 Å². The molecule has 1 unspecified atom stereocenters. The van der Waals surface area contributed by atoms with Crippen LogP contribution in [-0.2, 0) is 0 Å². The highest BCUT2D eigenvalue weighted by Crippen LogP contribution is 2.16. The summed E-state index contributed by atoms with van der Waals surface area (Å²) in [5.74, 6) is 0.307. The van der Waals surface area contributed by atoms with E-state index in [-0.39, 0.29) is 5.54 Å². The number of aliphatic hydroxyl groups excluding tert-OH is 1. The third-order valence-electron chi connectivity index (χ3n) is 4.90. The van der Waals surface area contributed by atoms with Gasteiger partial charge in [0.05, 0.1) is 6.10 Å². The highest BCUT2D eigenvalue weighted by Gasteiger charge is 2.17. The van der Waals surface area contributed by atoms with E-state index in [0.717, 1.165) is 0 Å². The summed E-state index contributed by atoms with van der Waals surface area (Å²) in [6, 6.07) is 0. The van der Waals surface area contributed by atoms with E-state index >= 15 is 0 Å². The molecule has 0 spiro atoms. The van der Waals surface area contributed by atoms with Crippen LogP contribution in [0.3, 0.4) is 0 Å². The molecule has 0 radical (unpaired) electrons. The fourth-order valence-electron chi connectivity index (χ4n) is 3.12. The molecule has 0 fully saturated rings. The lowest BCUT2D eigenvalue weighted by atomic mass is 9.95. The molecule has 24 heavy (non-hydrogen) atoms. The molecule has 3 heteroatoms. The van der Waals surface area contributed by atoms with Crippen molar-refractivity contribution in [3.05, 3.63) is 0 Å². The Bertz CT molecular complexity index is 258. The van der Waals surface area contributed by atoms with Gasteiger partial charge in [0, 0.05) is 18.0 Å². The molecule has 0 aliphatic rings. The Hall–Kier alpha value is 0.210. The molecule has 146 valence electrons. The van der Waals surface area contributed by atoms with Crippen LogP contribution in [0.25, 0.3) is 0 Å². The summed E-state index contributed by atoms with van der Waals surface area (Å²) in [5.41, 5.74) is 0.102. The van der Waals surface area contributed by atoms with E-state index in [1.165, 1.54) is 89.9 Å². The van der Waals surface area contributed by atoms with E-state index in [1.807, 2.05) is 0 Å². The summed E-state index contributed by atoms with van der Waals surface area (Å²) in [6.45, 7) is 7.31. The van der Waals surface area contributed by atoms with E-state index in [2.05, 4.69) is 26.1 Å². The Morgan fingerprint density at radius 1 is 0.792 bits per heavy atom. The number of nitrogens with one attached hydrogen (secondary N) is 1. The van der Waals surface area contributed by atoms with Gasteiger partial charge in [-0.05, 0) is 20.3 Å². The van der Waals surface area contributed by atoms with Gasteiger partial charge in [-0.1, -0.05) is 90.4 Å². The molecule has 0 heterocycles. The smallest absolute Gasteiger partial charge is 0.0799 e. The lowest BCUT2D eigenvalue weighted by Crippen LogP contribution is -2.43. The predicted molar refractivity (Wildman–Crippen MR) is 109 cm³/mol. The Labute approximate surface area is 157 Å². The standard InChI is InChI=1S/C21H44ClNO/c1-4-5-6-7-8-9-10-11-12-13-14-15-16-17-21(2,3)23-19-20(24)18-22/h20,23-24H,4-19H2,1-3H3. The predicted octanol–water partition coefficient (Wildman–Crippen LogP) is 6.44. The van der Waals surface area contributed by atoms with Crippen LogP contribution >= 0.6 is 11.6 Å². The Kier molecular flexibility index (Phi) is 16.8. The molecule has 1 atom stereocenters. The van der Waals surface area contributed by atoms with Gasteiger partial charge >= 0.3 is 0 Å². The average Bonchev–Trinajstić information content (AvgIpc) is 2.57. The molecular weight excluding hydrogens is 318 g/mol. The summed E-state index contributed by atoms with van der Waals surface area (Å²) >= 11 is 5.63. The molecule has 2 N–H and O–H groups in total. The third-order valence-corrected chi connectivity index (χ3v) is 5.26. The molecule has 0 aromatic carbocycles. The zero-order valence-electron chi connectivity index (χ0n) is 16.7. The quantitative estimate of drug-likeness (QED) is 0.217. The Balaban J connectivity index is 3.29. The fourth-order valence-corrected chi connectivity index (χ4v) is 3.23. The molecule has 0 saturated heterocycles. The van der Waals surface area contributed by atoms with Gasteiger partial charge in [-0.3, -0.25) is 0 Å². The van der Waals surface area contributed by atoms with Crippen molar-refractivity contribution in [2.24, 2.45) is 0 Å². The first kappa shape index (κ1) is 24.2. The second kappa shape index (κ2) is 16.7. The highest BCUT2D eigenvalue weighted by atomic mass is 35.5. The van der Waals surface area contributed by atoms with E-state index in [4.69, 9.17) is 11.6 Å². The number of aliphatic hydroxyl groups is 1. The summed E-state index contributed by atoms with van der Waals surface area (Å²) in [6.07, 6.45) is 18.9. The Morgan fingerprint density at radius 3 is 1.62 bits per heavy atom. The van der Waals surface area contributed by atoms with E-state index in [1.54, 1.807) is 0 Å². The molecule has 0 aliphatic heterocycles. The van der Waals surface area contributed by atoms with Gasteiger partial charge in [0.1, 0.15) is 0 Å². The minimum absolute atomic E-state index is 0.102. The van der Waals surface area contributed by atoms with Crippen molar-refractivity contribution in [2.75, 3.05) is 12.4 Å². The second-order valence-electron chi connectivity index (χ2n) is 8.07. The lowest BCUT2D eigenvalue weighted by molar-refractivity contribution is 0.176. The molecule has 0 rings (SSSR count). The largest absolute Gasteiger partial charge is 0.391 e. The number of hydrogen-bond donors (Lipinski definition) is 2. The zero-order chi connectivity index (χ0) is 18.1. The van der Waals surface area contributed by atoms with Crippen molar-refractivity contribution in [3.8, 4) is 0 Å². The summed E-state index contributed by atoms with van der Waals surface area (Å²) in [5, 5.41) is 12.9. The maximum absolute atomic E-state index is 9.51. The first-order chi connectivity index (χ1) is 11.5. The zero-order valence-corrected chi connectivity index (χ0v) is 17.5. The van der Waals surface area contributed by atoms with Gasteiger partial charge in [-0.2, -0.15) is 0 Å². The number of β-amino-alcohol motifs (C(OH)–C–C–N with tert-alkyl or cyclic N) is 1. The first-order valence-corrected chi connectivity index (χ1v) is 11.0. The first-order valence-electron chi connectivity index (χ1n) is 10.5. The van der Waals surface area contributed by atoms with Gasteiger partial charge in [-0.25, -0.2) is 0 Å². The molecule has 2 nitrogen and oxygen atoms in total. The van der Waals surface area contributed by atoms with Crippen LogP contribution in [-0.4, -0.2) is 29.2 Å². The normalized spacial score (nSPS) is 13.4. The molecule has 0 bridgehead atoms.